The van der Waals surface area contributed by atoms with Crippen molar-refractivity contribution < 1.29 is 4.79 Å². The van der Waals surface area contributed by atoms with Gasteiger partial charge in [-0.25, -0.2) is 4.98 Å². The van der Waals surface area contributed by atoms with E-state index in [0.29, 0.717) is 16.3 Å². The van der Waals surface area contributed by atoms with E-state index < -0.39 is 0 Å². The van der Waals surface area contributed by atoms with Gasteiger partial charge < -0.3 is 5.32 Å². The van der Waals surface area contributed by atoms with Crippen LogP contribution in [-0.4, -0.2) is 10.9 Å². The number of pyridine rings is 1. The molecule has 0 aliphatic heterocycles. The first-order chi connectivity index (χ1) is 13.9. The molecule has 0 unspecified atom stereocenters. The van der Waals surface area contributed by atoms with E-state index in [-0.39, 0.29) is 5.91 Å². The molecule has 4 rings (SSSR count). The molecule has 4 aromatic rings. The van der Waals surface area contributed by atoms with Crippen molar-refractivity contribution in [2.45, 2.75) is 13.8 Å². The van der Waals surface area contributed by atoms with Gasteiger partial charge in [0.05, 0.1) is 16.8 Å². The quantitative estimate of drug-likeness (QED) is 0.348. The summed E-state index contributed by atoms with van der Waals surface area (Å²) in [6, 6.07) is 21.1. The van der Waals surface area contributed by atoms with E-state index in [2.05, 4.69) is 21.2 Å². The van der Waals surface area contributed by atoms with Crippen LogP contribution in [0.5, 0.6) is 0 Å². The van der Waals surface area contributed by atoms with E-state index in [1.165, 1.54) is 0 Å². The van der Waals surface area contributed by atoms with Gasteiger partial charge in [-0.05, 0) is 55.3 Å². The lowest BCUT2D eigenvalue weighted by atomic mass is 10.0. The van der Waals surface area contributed by atoms with Crippen molar-refractivity contribution in [1.29, 1.82) is 0 Å². The number of aromatic nitrogens is 1. The number of amides is 1. The first-order valence-corrected chi connectivity index (χ1v) is 10.3. The van der Waals surface area contributed by atoms with Crippen molar-refractivity contribution in [3.63, 3.8) is 0 Å². The van der Waals surface area contributed by atoms with E-state index in [1.807, 2.05) is 74.5 Å². The molecule has 3 aromatic carbocycles. The van der Waals surface area contributed by atoms with Crippen LogP contribution in [0.15, 0.2) is 71.2 Å². The number of carbonyl (C=O) groups excluding carboxylic acids is 1. The van der Waals surface area contributed by atoms with Crippen LogP contribution in [0.4, 0.5) is 5.69 Å². The third-order valence-electron chi connectivity index (χ3n) is 4.81. The summed E-state index contributed by atoms with van der Waals surface area (Å²) in [4.78, 5) is 18.1. The molecule has 29 heavy (non-hydrogen) atoms. The molecule has 0 bridgehead atoms. The van der Waals surface area contributed by atoms with E-state index >= 15 is 0 Å². The first kappa shape index (κ1) is 19.6. The van der Waals surface area contributed by atoms with E-state index in [9.17, 15) is 4.79 Å². The average molecular weight is 466 g/mol. The summed E-state index contributed by atoms with van der Waals surface area (Å²) in [5, 5.41) is 4.38. The highest BCUT2D eigenvalue weighted by Gasteiger charge is 2.16. The third-order valence-corrected chi connectivity index (χ3v) is 5.68. The predicted molar refractivity (Wildman–Crippen MR) is 124 cm³/mol. The molecule has 144 valence electrons. The van der Waals surface area contributed by atoms with E-state index in [0.717, 1.165) is 37.8 Å². The number of nitrogens with zero attached hydrogens (tertiary/aromatic N) is 1. The molecule has 0 saturated carbocycles. The molecule has 3 nitrogen and oxygen atoms in total. The molecule has 0 aliphatic carbocycles. The third kappa shape index (κ3) is 4.04. The SMILES string of the molecule is Cc1ccc(NC(=O)c2cc(-c3ccccc3)nc3c(C)cc(Br)cc23)cc1Cl. The number of halogens is 2. The zero-order chi connectivity index (χ0) is 20.5. The number of hydrogen-bond acceptors (Lipinski definition) is 2. The monoisotopic (exact) mass is 464 g/mol. The normalized spacial score (nSPS) is 10.9. The van der Waals surface area contributed by atoms with Gasteiger partial charge in [-0.3, -0.25) is 4.79 Å². The Morgan fingerprint density at radius 2 is 1.72 bits per heavy atom. The van der Waals surface area contributed by atoms with Gasteiger partial charge in [0.2, 0.25) is 0 Å². The molecular formula is C24H18BrClN2O. The fourth-order valence-corrected chi connectivity index (χ4v) is 4.02. The van der Waals surface area contributed by atoms with Gasteiger partial charge >= 0.3 is 0 Å². The van der Waals surface area contributed by atoms with Crippen LogP contribution in [0, 0.1) is 13.8 Å². The highest BCUT2D eigenvalue weighted by Crippen LogP contribution is 2.30. The fraction of sp³-hybridized carbons (Fsp3) is 0.0833. The van der Waals surface area contributed by atoms with Gasteiger partial charge in [-0.2, -0.15) is 0 Å². The smallest absolute Gasteiger partial charge is 0.256 e. The number of carbonyl (C=O) groups is 1. The van der Waals surface area contributed by atoms with Gasteiger partial charge in [0, 0.05) is 26.1 Å². The lowest BCUT2D eigenvalue weighted by Crippen LogP contribution is -2.13. The Balaban J connectivity index is 1.86. The van der Waals surface area contributed by atoms with Gasteiger partial charge in [0.1, 0.15) is 0 Å². The van der Waals surface area contributed by atoms with Crippen LogP contribution in [0.1, 0.15) is 21.5 Å². The standard InChI is InChI=1S/C24H18BrClN2O/c1-14-8-9-18(12-21(14)26)27-24(29)20-13-22(16-6-4-3-5-7-16)28-23-15(2)10-17(25)11-19(20)23/h3-13H,1-2H3,(H,27,29). The van der Waals surface area contributed by atoms with Crippen molar-refractivity contribution in [2.75, 3.05) is 5.32 Å². The number of benzene rings is 3. The van der Waals surface area contributed by atoms with Crippen LogP contribution < -0.4 is 5.32 Å². The minimum atomic E-state index is -0.202. The van der Waals surface area contributed by atoms with Crippen molar-refractivity contribution in [3.8, 4) is 11.3 Å². The number of hydrogen-bond donors (Lipinski definition) is 1. The van der Waals surface area contributed by atoms with E-state index in [4.69, 9.17) is 16.6 Å². The second kappa shape index (κ2) is 7.97. The van der Waals surface area contributed by atoms with Gasteiger partial charge in [-0.15, -0.1) is 0 Å². The van der Waals surface area contributed by atoms with Crippen molar-refractivity contribution in [2.24, 2.45) is 0 Å². The number of rotatable bonds is 3. The highest BCUT2D eigenvalue weighted by molar-refractivity contribution is 9.10. The Morgan fingerprint density at radius 1 is 0.966 bits per heavy atom. The molecule has 0 saturated heterocycles. The summed E-state index contributed by atoms with van der Waals surface area (Å²) in [6.07, 6.45) is 0. The number of fused-ring (bicyclic) bond motifs is 1. The molecule has 0 fully saturated rings. The molecule has 0 radical (unpaired) electrons. The molecule has 1 aromatic heterocycles. The van der Waals surface area contributed by atoms with E-state index in [1.54, 1.807) is 6.07 Å². The summed E-state index contributed by atoms with van der Waals surface area (Å²) >= 11 is 9.76. The van der Waals surface area contributed by atoms with Crippen molar-refractivity contribution >= 4 is 50.0 Å². The number of aryl methyl sites for hydroxylation is 2. The summed E-state index contributed by atoms with van der Waals surface area (Å²) in [7, 11) is 0. The predicted octanol–water partition coefficient (Wildman–Crippen LogP) is 7.19. The average Bonchev–Trinajstić information content (AvgIpc) is 2.70. The maximum atomic E-state index is 13.2. The van der Waals surface area contributed by atoms with Gasteiger partial charge in [0.15, 0.2) is 0 Å². The lowest BCUT2D eigenvalue weighted by molar-refractivity contribution is 0.102. The molecule has 1 heterocycles. The molecule has 0 atom stereocenters. The maximum Gasteiger partial charge on any atom is 0.256 e. The summed E-state index contributed by atoms with van der Waals surface area (Å²) in [5.41, 5.74) is 5.71. The Labute approximate surface area is 182 Å². The molecule has 0 spiro atoms. The minimum Gasteiger partial charge on any atom is -0.322 e. The molecular weight excluding hydrogens is 448 g/mol. The second-order valence-corrected chi connectivity index (χ2v) is 8.28. The minimum absolute atomic E-state index is 0.202. The van der Waals surface area contributed by atoms with Gasteiger partial charge in [0.25, 0.3) is 5.91 Å². The van der Waals surface area contributed by atoms with Crippen molar-refractivity contribution in [1.82, 2.24) is 4.98 Å². The first-order valence-electron chi connectivity index (χ1n) is 9.16. The molecule has 1 N–H and O–H groups in total. The maximum absolute atomic E-state index is 13.2. The Morgan fingerprint density at radius 3 is 2.45 bits per heavy atom. The molecule has 5 heteroatoms. The number of nitrogens with one attached hydrogen (secondary N) is 1. The summed E-state index contributed by atoms with van der Waals surface area (Å²) in [5.74, 6) is -0.202. The Kier molecular flexibility index (Phi) is 5.39. The van der Waals surface area contributed by atoms with Crippen LogP contribution >= 0.6 is 27.5 Å². The van der Waals surface area contributed by atoms with Gasteiger partial charge in [-0.1, -0.05) is 63.9 Å². The van der Waals surface area contributed by atoms with Crippen LogP contribution in [0.25, 0.3) is 22.2 Å². The zero-order valence-electron chi connectivity index (χ0n) is 16.0. The zero-order valence-corrected chi connectivity index (χ0v) is 18.3. The molecule has 0 aliphatic rings. The van der Waals surface area contributed by atoms with Crippen LogP contribution in [0.2, 0.25) is 5.02 Å². The lowest BCUT2D eigenvalue weighted by Gasteiger charge is -2.13. The van der Waals surface area contributed by atoms with Crippen LogP contribution in [0.3, 0.4) is 0 Å². The second-order valence-electron chi connectivity index (χ2n) is 6.96. The van der Waals surface area contributed by atoms with Crippen LogP contribution in [-0.2, 0) is 0 Å². The molecule has 1 amide bonds. The largest absolute Gasteiger partial charge is 0.322 e. The topological polar surface area (TPSA) is 42.0 Å². The fourth-order valence-electron chi connectivity index (χ4n) is 3.27. The Hall–Kier alpha value is -2.69. The highest BCUT2D eigenvalue weighted by atomic mass is 79.9. The summed E-state index contributed by atoms with van der Waals surface area (Å²) < 4.78 is 0.907. The number of anilines is 1. The Bertz CT molecular complexity index is 1240. The van der Waals surface area contributed by atoms with Crippen molar-refractivity contribution in [3.05, 3.63) is 92.9 Å². The summed E-state index contributed by atoms with van der Waals surface area (Å²) in [6.45, 7) is 3.92.